The monoisotopic (exact) mass is 530 g/mol. The van der Waals surface area contributed by atoms with Crippen molar-refractivity contribution in [2.45, 2.75) is 83.4 Å². The Morgan fingerprint density at radius 2 is 1.22 bits per heavy atom. The summed E-state index contributed by atoms with van der Waals surface area (Å²) in [6, 6.07) is 26.1. The fourth-order valence-corrected chi connectivity index (χ4v) is 17.2. The van der Waals surface area contributed by atoms with Gasteiger partial charge in [0.2, 0.25) is 0 Å². The van der Waals surface area contributed by atoms with E-state index in [-0.39, 0.29) is 21.1 Å². The predicted molar refractivity (Wildman–Crippen MR) is 165 cm³/mol. The fraction of sp³-hybridized carbons (Fsp3) is 0.394. The molecule has 0 aliphatic carbocycles. The molecule has 5 rings (SSSR count). The van der Waals surface area contributed by atoms with Crippen molar-refractivity contribution in [2.75, 3.05) is 0 Å². The standard InChI is InChI=1S/C33H40O2P2/c1-31(2,3)36-29-26(28-24-17-12-10-15-22(24)21-23-16-11-13-18-25(23)28)19-14-20-27(29)35-30(36)37(34,32(4,5)6)33(7,8)9/h10-21,30H,1-9H3/t30?,36-/m1/s1. The average molecular weight is 531 g/mol. The summed E-state index contributed by atoms with van der Waals surface area (Å²) in [6.45, 7) is 19.7. The van der Waals surface area contributed by atoms with Crippen LogP contribution in [0, 0.1) is 0 Å². The van der Waals surface area contributed by atoms with Crippen molar-refractivity contribution in [2.24, 2.45) is 0 Å². The van der Waals surface area contributed by atoms with Crippen LogP contribution in [0.4, 0.5) is 0 Å². The van der Waals surface area contributed by atoms with Gasteiger partial charge in [0.15, 0.2) is 5.59 Å². The van der Waals surface area contributed by atoms with Crippen LogP contribution in [0.2, 0.25) is 0 Å². The van der Waals surface area contributed by atoms with Crippen molar-refractivity contribution in [1.82, 2.24) is 0 Å². The molecule has 1 heterocycles. The third-order valence-corrected chi connectivity index (χ3v) is 17.1. The minimum atomic E-state index is -2.87. The molecule has 37 heavy (non-hydrogen) atoms. The Balaban J connectivity index is 1.87. The zero-order valence-electron chi connectivity index (χ0n) is 23.7. The largest absolute Gasteiger partial charge is 0.477 e. The first-order valence-corrected chi connectivity index (χ1v) is 16.4. The van der Waals surface area contributed by atoms with Gasteiger partial charge in [-0.2, -0.15) is 0 Å². The molecule has 2 nitrogen and oxygen atoms in total. The van der Waals surface area contributed by atoms with Gasteiger partial charge in [0.1, 0.15) is 12.9 Å². The zero-order chi connectivity index (χ0) is 27.0. The van der Waals surface area contributed by atoms with Gasteiger partial charge in [-0.1, -0.05) is 123 Å². The summed E-state index contributed by atoms with van der Waals surface area (Å²) in [5.74, 6) is 0.911. The highest BCUT2D eigenvalue weighted by atomic mass is 31.2. The van der Waals surface area contributed by atoms with Crippen molar-refractivity contribution < 1.29 is 9.30 Å². The highest BCUT2D eigenvalue weighted by Gasteiger charge is 2.60. The van der Waals surface area contributed by atoms with Crippen LogP contribution >= 0.6 is 15.1 Å². The SMILES string of the molecule is CC(C)(C)[P@]1c2c(cccc2-c2c3ccccc3cc3ccccc23)OC1P(=O)(C(C)(C)C)C(C)(C)C. The first-order valence-electron chi connectivity index (χ1n) is 13.3. The smallest absolute Gasteiger partial charge is 0.174 e. The van der Waals surface area contributed by atoms with Gasteiger partial charge in [0.25, 0.3) is 0 Å². The van der Waals surface area contributed by atoms with Gasteiger partial charge in [-0.3, -0.25) is 0 Å². The lowest BCUT2D eigenvalue weighted by atomic mass is 9.92. The van der Waals surface area contributed by atoms with E-state index < -0.39 is 15.1 Å². The van der Waals surface area contributed by atoms with Crippen molar-refractivity contribution in [1.29, 1.82) is 0 Å². The Kier molecular flexibility index (Phi) is 6.22. The molecule has 4 heteroatoms. The van der Waals surface area contributed by atoms with Gasteiger partial charge >= 0.3 is 0 Å². The van der Waals surface area contributed by atoms with Gasteiger partial charge < -0.3 is 9.30 Å². The Morgan fingerprint density at radius 3 is 1.70 bits per heavy atom. The molecule has 0 radical (unpaired) electrons. The third kappa shape index (κ3) is 4.07. The summed E-state index contributed by atoms with van der Waals surface area (Å²) in [4.78, 5) is 0. The van der Waals surface area contributed by atoms with E-state index in [0.29, 0.717) is 0 Å². The van der Waals surface area contributed by atoms with Crippen LogP contribution in [0.25, 0.3) is 32.7 Å². The lowest BCUT2D eigenvalue weighted by molar-refractivity contribution is 0.341. The second-order valence-corrected chi connectivity index (χ2v) is 21.2. The van der Waals surface area contributed by atoms with Crippen molar-refractivity contribution in [3.8, 4) is 16.9 Å². The molecular weight excluding hydrogens is 490 g/mol. The molecule has 0 N–H and O–H groups in total. The van der Waals surface area contributed by atoms with Crippen molar-refractivity contribution >= 4 is 41.9 Å². The molecule has 1 aliphatic heterocycles. The molecule has 4 aromatic carbocycles. The lowest BCUT2D eigenvalue weighted by Gasteiger charge is -2.47. The van der Waals surface area contributed by atoms with E-state index in [0.717, 1.165) is 5.75 Å². The minimum Gasteiger partial charge on any atom is -0.477 e. The number of hydrogen-bond donors (Lipinski definition) is 0. The van der Waals surface area contributed by atoms with Gasteiger partial charge in [-0.15, -0.1) is 0 Å². The Labute approximate surface area is 223 Å². The maximum atomic E-state index is 15.3. The van der Waals surface area contributed by atoms with E-state index in [4.69, 9.17) is 4.74 Å². The molecule has 1 aliphatic rings. The van der Waals surface area contributed by atoms with Gasteiger partial charge in [-0.05, 0) is 57.9 Å². The van der Waals surface area contributed by atoms with Crippen LogP contribution in [-0.4, -0.2) is 21.1 Å². The van der Waals surface area contributed by atoms with Crippen molar-refractivity contribution in [3.05, 3.63) is 72.8 Å². The molecule has 0 spiro atoms. The molecule has 4 aromatic rings. The number of fused-ring (bicyclic) bond motifs is 3. The molecule has 2 atom stereocenters. The van der Waals surface area contributed by atoms with E-state index in [1.54, 1.807) is 0 Å². The topological polar surface area (TPSA) is 26.3 Å². The van der Waals surface area contributed by atoms with E-state index in [2.05, 4.69) is 135 Å². The molecule has 0 aromatic heterocycles. The Bertz CT molecular complexity index is 1480. The molecule has 1 unspecified atom stereocenters. The fourth-order valence-electron chi connectivity index (χ4n) is 6.22. The average Bonchev–Trinajstić information content (AvgIpc) is 3.21. The second-order valence-electron chi connectivity index (χ2n) is 13.3. The maximum Gasteiger partial charge on any atom is 0.174 e. The van der Waals surface area contributed by atoms with Crippen LogP contribution in [-0.2, 0) is 4.57 Å². The summed E-state index contributed by atoms with van der Waals surface area (Å²) in [6.07, 6.45) is 0. The van der Waals surface area contributed by atoms with Crippen LogP contribution in [0.5, 0.6) is 5.75 Å². The first-order chi connectivity index (χ1) is 17.2. The molecule has 0 amide bonds. The quantitative estimate of drug-likeness (QED) is 0.190. The number of hydrogen-bond acceptors (Lipinski definition) is 2. The molecule has 0 bridgehead atoms. The highest BCUT2D eigenvalue weighted by Crippen LogP contribution is 2.80. The van der Waals surface area contributed by atoms with Crippen molar-refractivity contribution in [3.63, 3.8) is 0 Å². The summed E-state index contributed by atoms with van der Waals surface area (Å²) < 4.78 is 22.3. The van der Waals surface area contributed by atoms with Gasteiger partial charge in [0.05, 0.1) is 0 Å². The summed E-state index contributed by atoms with van der Waals surface area (Å²) in [7, 11) is -3.79. The molecular formula is C33H40O2P2. The Morgan fingerprint density at radius 1 is 0.703 bits per heavy atom. The number of rotatable bonds is 2. The maximum absolute atomic E-state index is 15.3. The van der Waals surface area contributed by atoms with Crippen LogP contribution < -0.4 is 10.0 Å². The number of ether oxygens (including phenoxy) is 1. The minimum absolute atomic E-state index is 0.0894. The Hall–Kier alpha value is -2.14. The normalized spacial score (nSPS) is 18.7. The van der Waals surface area contributed by atoms with E-state index in [9.17, 15) is 0 Å². The number of benzene rings is 4. The van der Waals surface area contributed by atoms with Crippen LogP contribution in [0.1, 0.15) is 62.3 Å². The van der Waals surface area contributed by atoms with Crippen LogP contribution in [0.15, 0.2) is 72.8 Å². The third-order valence-electron chi connectivity index (χ3n) is 7.76. The van der Waals surface area contributed by atoms with E-state index >= 15 is 4.57 Å². The highest BCUT2D eigenvalue weighted by molar-refractivity contribution is 7.84. The van der Waals surface area contributed by atoms with Crippen LogP contribution in [0.3, 0.4) is 0 Å². The lowest BCUT2D eigenvalue weighted by Crippen LogP contribution is -2.38. The first kappa shape index (κ1) is 26.5. The molecule has 194 valence electrons. The molecule has 0 saturated heterocycles. The summed E-state index contributed by atoms with van der Waals surface area (Å²) in [5, 5.41) is 5.39. The predicted octanol–water partition coefficient (Wildman–Crippen LogP) is 10.2. The summed E-state index contributed by atoms with van der Waals surface area (Å²) >= 11 is 0. The zero-order valence-corrected chi connectivity index (χ0v) is 25.5. The van der Waals surface area contributed by atoms with E-state index in [1.165, 1.54) is 38.0 Å². The van der Waals surface area contributed by atoms with Gasteiger partial charge in [-0.25, -0.2) is 0 Å². The second kappa shape index (κ2) is 8.69. The van der Waals surface area contributed by atoms with Gasteiger partial charge in [0, 0.05) is 15.6 Å². The molecule has 0 saturated carbocycles. The van der Waals surface area contributed by atoms with E-state index in [1.807, 2.05) is 0 Å². The summed E-state index contributed by atoms with van der Waals surface area (Å²) in [5.41, 5.74) is 2.16. The molecule has 0 fully saturated rings.